The van der Waals surface area contributed by atoms with Crippen LogP contribution >= 0.6 is 0 Å². The van der Waals surface area contributed by atoms with Gasteiger partial charge in [0.25, 0.3) is 0 Å². The van der Waals surface area contributed by atoms with E-state index in [4.69, 9.17) is 0 Å². The Hall–Kier alpha value is 0. The Morgan fingerprint density at radius 3 is 0.488 bits per heavy atom. The summed E-state index contributed by atoms with van der Waals surface area (Å²) in [6, 6.07) is 0. The Bertz CT molecular complexity index is 722. The van der Waals surface area contributed by atoms with Gasteiger partial charge in [-0.3, -0.25) is 0 Å². The van der Waals surface area contributed by atoms with Gasteiger partial charge in [0.2, 0.25) is 0 Å². The first kappa shape index (κ1) is 43.0. The highest BCUT2D eigenvalue weighted by molar-refractivity contribution is 4.87. The fraction of sp³-hybridized carbons (Fsp3) is 1.00. The first-order chi connectivity index (χ1) is 19.6. The first-order valence-electron chi connectivity index (χ1n) is 19.6. The maximum absolute atomic E-state index is 2.59. The molecule has 0 heteroatoms. The van der Waals surface area contributed by atoms with E-state index in [2.05, 4.69) is 152 Å². The predicted molar refractivity (Wildman–Crippen MR) is 199 cm³/mol. The second-order valence-corrected chi connectivity index (χ2v) is 18.1. The molecule has 0 nitrogen and oxygen atoms in total. The zero-order chi connectivity index (χ0) is 34.3. The third kappa shape index (κ3) is 11.0. The largest absolute Gasteiger partial charge is 0.0651 e. The highest BCUT2D eigenvalue weighted by Crippen LogP contribution is 2.45. The van der Waals surface area contributed by atoms with Gasteiger partial charge in [0.05, 0.1) is 0 Å². The third-order valence-electron chi connectivity index (χ3n) is 16.7. The van der Waals surface area contributed by atoms with Gasteiger partial charge in [0.15, 0.2) is 0 Å². The van der Waals surface area contributed by atoms with Crippen LogP contribution < -0.4 is 0 Å². The summed E-state index contributed by atoms with van der Waals surface area (Å²) < 4.78 is 0. The average Bonchev–Trinajstić information content (AvgIpc) is 3.00. The lowest BCUT2D eigenvalue weighted by Gasteiger charge is -2.44. The van der Waals surface area contributed by atoms with Gasteiger partial charge in [-0.1, -0.05) is 159 Å². The topological polar surface area (TPSA) is 0 Å². The lowest BCUT2D eigenvalue weighted by molar-refractivity contribution is 0.0468. The van der Waals surface area contributed by atoms with Crippen LogP contribution in [0.25, 0.3) is 0 Å². The maximum Gasteiger partial charge on any atom is -0.0386 e. The van der Waals surface area contributed by atoms with Gasteiger partial charge in [0, 0.05) is 0 Å². The molecule has 0 rings (SSSR count). The fourth-order valence-corrected chi connectivity index (χ4v) is 9.16. The van der Waals surface area contributed by atoms with Crippen molar-refractivity contribution in [1.29, 1.82) is 0 Å². The van der Waals surface area contributed by atoms with Crippen molar-refractivity contribution in [3.8, 4) is 0 Å². The summed E-state index contributed by atoms with van der Waals surface area (Å²) in [4.78, 5) is 0. The van der Waals surface area contributed by atoms with Gasteiger partial charge in [-0.15, -0.1) is 0 Å². The standard InChI is InChI=1S/C43H88/c1-23-25(4)27(6)29(8)31(10)33(12)35(14)37(16)39(18)41(20)43(22)42(21)40(19)38(17)36(15)34(13)32(11)30(9)28(7)26(5)24(2)3/h24-43H,23H2,1-22H3. The molecule has 0 aromatic rings. The first-order valence-corrected chi connectivity index (χ1v) is 19.6. The summed E-state index contributed by atoms with van der Waals surface area (Å²) in [6.45, 7) is 55.6. The summed E-state index contributed by atoms with van der Waals surface area (Å²) >= 11 is 0. The van der Waals surface area contributed by atoms with E-state index in [1.165, 1.54) is 6.42 Å². The SMILES string of the molecule is CCC(C)C(C)C(C)C(C)C(C)C(C)C(C)C(C)C(C)C(C)C(C)C(C)C(C)C(C)C(C)C(C)C(C)C(C)C(C)C(C)C. The maximum atomic E-state index is 2.59. The molecule has 0 aliphatic carbocycles. The zero-order valence-corrected chi connectivity index (χ0v) is 34.3. The fourth-order valence-electron chi connectivity index (χ4n) is 9.16. The Morgan fingerprint density at radius 2 is 0.349 bits per heavy atom. The van der Waals surface area contributed by atoms with Crippen LogP contribution in [-0.2, 0) is 0 Å². The lowest BCUT2D eigenvalue weighted by Crippen LogP contribution is -2.38. The van der Waals surface area contributed by atoms with Crippen LogP contribution in [0.5, 0.6) is 0 Å². The predicted octanol–water partition coefficient (Wildman–Crippen LogP) is 14.1. The van der Waals surface area contributed by atoms with Crippen LogP contribution in [0, 0.1) is 118 Å². The molecule has 0 radical (unpaired) electrons. The zero-order valence-electron chi connectivity index (χ0n) is 34.3. The van der Waals surface area contributed by atoms with Gasteiger partial charge in [-0.25, -0.2) is 0 Å². The van der Waals surface area contributed by atoms with E-state index in [0.29, 0.717) is 0 Å². The molecule has 260 valence electrons. The minimum atomic E-state index is 0.741. The number of rotatable bonds is 20. The van der Waals surface area contributed by atoms with E-state index in [1.54, 1.807) is 0 Å². The van der Waals surface area contributed by atoms with Crippen molar-refractivity contribution in [2.75, 3.05) is 0 Å². The Balaban J connectivity index is 5.45. The normalized spacial score (nSPS) is 26.3. The second kappa shape index (κ2) is 19.0. The molecular weight excluding hydrogens is 516 g/mol. The molecule has 0 N–H and O–H groups in total. The summed E-state index contributed by atoms with van der Waals surface area (Å²) in [5.41, 5.74) is 0. The molecule has 0 spiro atoms. The smallest absolute Gasteiger partial charge is 0.0386 e. The van der Waals surface area contributed by atoms with Crippen molar-refractivity contribution >= 4 is 0 Å². The van der Waals surface area contributed by atoms with Gasteiger partial charge in [0.1, 0.15) is 0 Å². The Labute approximate surface area is 276 Å². The van der Waals surface area contributed by atoms with Crippen LogP contribution in [0.15, 0.2) is 0 Å². The number of hydrogen-bond donors (Lipinski definition) is 0. The summed E-state index contributed by atoms with van der Waals surface area (Å²) in [6.07, 6.45) is 1.30. The molecule has 19 unspecified atom stereocenters. The van der Waals surface area contributed by atoms with Gasteiger partial charge >= 0.3 is 0 Å². The minimum Gasteiger partial charge on any atom is -0.0651 e. The van der Waals surface area contributed by atoms with E-state index in [-0.39, 0.29) is 0 Å². The summed E-state index contributed by atoms with van der Waals surface area (Å²) in [5, 5.41) is 0. The lowest BCUT2D eigenvalue weighted by atomic mass is 9.61. The summed E-state index contributed by atoms with van der Waals surface area (Å²) in [7, 11) is 0. The molecular formula is C43H88. The quantitative estimate of drug-likeness (QED) is 0.130. The van der Waals surface area contributed by atoms with Crippen molar-refractivity contribution in [2.45, 2.75) is 159 Å². The molecule has 0 fully saturated rings. The van der Waals surface area contributed by atoms with Gasteiger partial charge < -0.3 is 0 Å². The van der Waals surface area contributed by atoms with Crippen molar-refractivity contribution in [3.05, 3.63) is 0 Å². The van der Waals surface area contributed by atoms with Gasteiger partial charge in [-0.05, 0) is 118 Å². The third-order valence-corrected chi connectivity index (χ3v) is 16.7. The van der Waals surface area contributed by atoms with Crippen molar-refractivity contribution in [3.63, 3.8) is 0 Å². The monoisotopic (exact) mass is 605 g/mol. The van der Waals surface area contributed by atoms with E-state index in [1.807, 2.05) is 0 Å². The molecule has 0 aromatic carbocycles. The Kier molecular flexibility index (Phi) is 19.0. The van der Waals surface area contributed by atoms with Crippen LogP contribution in [-0.4, -0.2) is 0 Å². The summed E-state index contributed by atoms with van der Waals surface area (Å²) in [5.74, 6) is 15.2. The Morgan fingerprint density at radius 1 is 0.209 bits per heavy atom. The molecule has 0 amide bonds. The van der Waals surface area contributed by atoms with Crippen molar-refractivity contribution in [2.24, 2.45) is 118 Å². The molecule has 0 saturated carbocycles. The molecule has 0 aromatic heterocycles. The van der Waals surface area contributed by atoms with Crippen LogP contribution in [0.1, 0.15) is 159 Å². The van der Waals surface area contributed by atoms with E-state index in [0.717, 1.165) is 118 Å². The van der Waals surface area contributed by atoms with Crippen LogP contribution in [0.2, 0.25) is 0 Å². The van der Waals surface area contributed by atoms with Gasteiger partial charge in [-0.2, -0.15) is 0 Å². The van der Waals surface area contributed by atoms with E-state index >= 15 is 0 Å². The number of hydrogen-bond acceptors (Lipinski definition) is 0. The molecule has 19 atom stereocenters. The molecule has 0 bridgehead atoms. The average molecular weight is 605 g/mol. The van der Waals surface area contributed by atoms with E-state index in [9.17, 15) is 0 Å². The van der Waals surface area contributed by atoms with E-state index < -0.39 is 0 Å². The molecule has 43 heavy (non-hydrogen) atoms. The minimum absolute atomic E-state index is 0.741. The van der Waals surface area contributed by atoms with Crippen molar-refractivity contribution in [1.82, 2.24) is 0 Å². The van der Waals surface area contributed by atoms with Crippen LogP contribution in [0.4, 0.5) is 0 Å². The van der Waals surface area contributed by atoms with Crippen molar-refractivity contribution < 1.29 is 0 Å². The molecule has 0 saturated heterocycles. The molecule has 0 heterocycles. The molecule has 0 aliphatic rings. The highest BCUT2D eigenvalue weighted by atomic mass is 14.4. The second-order valence-electron chi connectivity index (χ2n) is 18.1. The molecule has 0 aliphatic heterocycles. The highest BCUT2D eigenvalue weighted by Gasteiger charge is 2.38. The van der Waals surface area contributed by atoms with Crippen LogP contribution in [0.3, 0.4) is 0 Å².